The van der Waals surface area contributed by atoms with Crippen LogP contribution in [-0.4, -0.2) is 15.5 Å². The van der Waals surface area contributed by atoms with E-state index in [0.717, 1.165) is 4.57 Å². The van der Waals surface area contributed by atoms with Crippen molar-refractivity contribution in [3.63, 3.8) is 0 Å². The number of carbonyl (C=O) groups excluding carboxylic acids is 1. The van der Waals surface area contributed by atoms with E-state index in [0.29, 0.717) is 16.5 Å². The predicted octanol–water partition coefficient (Wildman–Crippen LogP) is 2.99. The van der Waals surface area contributed by atoms with Gasteiger partial charge < -0.3 is 10.3 Å². The van der Waals surface area contributed by atoms with E-state index in [9.17, 15) is 18.8 Å². The Morgan fingerprint density at radius 1 is 1.26 bits per heavy atom. The molecular weight excluding hydrogens is 373 g/mol. The summed E-state index contributed by atoms with van der Waals surface area (Å²) in [6, 6.07) is 8.29. The minimum Gasteiger partial charge on any atom is -0.346 e. The SMILES string of the molecule is CCn1c(=O)[nH]c2cc(C(=O)NC(C)c3ccc(F)c(Cl)c3)ccc2c1=O. The van der Waals surface area contributed by atoms with Crippen LogP contribution in [0.15, 0.2) is 46.0 Å². The zero-order chi connectivity index (χ0) is 19.7. The van der Waals surface area contributed by atoms with Crippen LogP contribution in [-0.2, 0) is 6.54 Å². The van der Waals surface area contributed by atoms with E-state index < -0.39 is 29.0 Å². The lowest BCUT2D eigenvalue weighted by molar-refractivity contribution is 0.0940. The first-order valence-electron chi connectivity index (χ1n) is 8.34. The van der Waals surface area contributed by atoms with Crippen molar-refractivity contribution in [3.8, 4) is 0 Å². The lowest BCUT2D eigenvalue weighted by atomic mass is 10.1. The Balaban J connectivity index is 1.90. The smallest absolute Gasteiger partial charge is 0.328 e. The van der Waals surface area contributed by atoms with Gasteiger partial charge in [0.15, 0.2) is 0 Å². The van der Waals surface area contributed by atoms with E-state index in [1.165, 1.54) is 36.4 Å². The summed E-state index contributed by atoms with van der Waals surface area (Å²) in [5, 5.41) is 3.08. The van der Waals surface area contributed by atoms with Gasteiger partial charge in [-0.1, -0.05) is 17.7 Å². The van der Waals surface area contributed by atoms with E-state index in [2.05, 4.69) is 10.3 Å². The molecule has 140 valence electrons. The summed E-state index contributed by atoms with van der Waals surface area (Å²) in [5.74, 6) is -0.930. The van der Waals surface area contributed by atoms with Crippen LogP contribution in [0.3, 0.4) is 0 Å². The maximum atomic E-state index is 13.3. The molecule has 0 spiro atoms. The molecule has 8 heteroatoms. The highest BCUT2D eigenvalue weighted by Gasteiger charge is 2.15. The van der Waals surface area contributed by atoms with Gasteiger partial charge in [-0.05, 0) is 49.7 Å². The second-order valence-electron chi connectivity index (χ2n) is 6.11. The number of hydrogen-bond donors (Lipinski definition) is 2. The van der Waals surface area contributed by atoms with Gasteiger partial charge in [-0.25, -0.2) is 9.18 Å². The second-order valence-corrected chi connectivity index (χ2v) is 6.52. The van der Waals surface area contributed by atoms with Gasteiger partial charge >= 0.3 is 5.69 Å². The molecule has 0 radical (unpaired) electrons. The molecule has 1 atom stereocenters. The van der Waals surface area contributed by atoms with Crippen molar-refractivity contribution in [2.75, 3.05) is 0 Å². The summed E-state index contributed by atoms with van der Waals surface area (Å²) in [6.07, 6.45) is 0. The van der Waals surface area contributed by atoms with Gasteiger partial charge in [0.1, 0.15) is 5.82 Å². The fourth-order valence-corrected chi connectivity index (χ4v) is 3.02. The molecule has 1 unspecified atom stereocenters. The van der Waals surface area contributed by atoms with Crippen LogP contribution in [0.25, 0.3) is 10.9 Å². The van der Waals surface area contributed by atoms with E-state index >= 15 is 0 Å². The van der Waals surface area contributed by atoms with E-state index in [4.69, 9.17) is 11.6 Å². The lowest BCUT2D eigenvalue weighted by Crippen LogP contribution is -2.34. The van der Waals surface area contributed by atoms with Gasteiger partial charge in [-0.2, -0.15) is 0 Å². The monoisotopic (exact) mass is 389 g/mol. The first-order valence-corrected chi connectivity index (χ1v) is 8.72. The second kappa shape index (κ2) is 7.36. The summed E-state index contributed by atoms with van der Waals surface area (Å²) in [6.45, 7) is 3.70. The van der Waals surface area contributed by atoms with Crippen LogP contribution >= 0.6 is 11.6 Å². The largest absolute Gasteiger partial charge is 0.346 e. The average Bonchev–Trinajstić information content (AvgIpc) is 2.63. The number of H-pyrrole nitrogens is 1. The minimum atomic E-state index is -0.532. The number of carbonyl (C=O) groups is 1. The van der Waals surface area contributed by atoms with Crippen molar-refractivity contribution in [1.29, 1.82) is 0 Å². The Labute approximate surface area is 158 Å². The van der Waals surface area contributed by atoms with Crippen molar-refractivity contribution in [2.24, 2.45) is 0 Å². The summed E-state index contributed by atoms with van der Waals surface area (Å²) in [5.41, 5.74) is 0.292. The Morgan fingerprint density at radius 2 is 2.00 bits per heavy atom. The summed E-state index contributed by atoms with van der Waals surface area (Å²) >= 11 is 5.78. The first-order chi connectivity index (χ1) is 12.8. The topological polar surface area (TPSA) is 84.0 Å². The van der Waals surface area contributed by atoms with Crippen molar-refractivity contribution in [2.45, 2.75) is 26.4 Å². The number of aromatic nitrogens is 2. The van der Waals surface area contributed by atoms with Crippen LogP contribution in [0.1, 0.15) is 35.8 Å². The van der Waals surface area contributed by atoms with E-state index in [-0.39, 0.29) is 17.1 Å². The molecule has 0 saturated carbocycles. The molecule has 3 aromatic rings. The molecule has 2 aromatic carbocycles. The number of aromatic amines is 1. The number of benzene rings is 2. The molecule has 6 nitrogen and oxygen atoms in total. The highest BCUT2D eigenvalue weighted by molar-refractivity contribution is 6.30. The number of halogens is 2. The Hall–Kier alpha value is -2.93. The number of nitrogens with one attached hydrogen (secondary N) is 2. The number of hydrogen-bond acceptors (Lipinski definition) is 3. The fraction of sp³-hybridized carbons (Fsp3) is 0.211. The van der Waals surface area contributed by atoms with Gasteiger partial charge in [-0.3, -0.25) is 14.2 Å². The standard InChI is InChI=1S/C19H17ClFN3O3/c1-3-24-18(26)13-6-4-12(9-16(13)23-19(24)27)17(25)22-10(2)11-5-7-15(21)14(20)8-11/h4-10H,3H2,1-2H3,(H,22,25)(H,23,27). The molecule has 0 aliphatic rings. The van der Waals surface area contributed by atoms with E-state index in [1.807, 2.05) is 0 Å². The third kappa shape index (κ3) is 3.64. The molecular formula is C19H17ClFN3O3. The zero-order valence-electron chi connectivity index (χ0n) is 14.7. The maximum Gasteiger partial charge on any atom is 0.328 e. The van der Waals surface area contributed by atoms with Crippen molar-refractivity contribution < 1.29 is 9.18 Å². The molecule has 0 saturated heterocycles. The zero-order valence-corrected chi connectivity index (χ0v) is 15.4. The number of amides is 1. The third-order valence-corrected chi connectivity index (χ3v) is 4.64. The van der Waals surface area contributed by atoms with Gasteiger partial charge in [0, 0.05) is 12.1 Å². The molecule has 0 fully saturated rings. The van der Waals surface area contributed by atoms with Crippen LogP contribution in [0.2, 0.25) is 5.02 Å². The maximum absolute atomic E-state index is 13.3. The van der Waals surface area contributed by atoms with Crippen LogP contribution in [0.4, 0.5) is 4.39 Å². The van der Waals surface area contributed by atoms with Gasteiger partial charge in [0.05, 0.1) is 22.0 Å². The van der Waals surface area contributed by atoms with Crippen LogP contribution in [0, 0.1) is 5.82 Å². The van der Waals surface area contributed by atoms with Crippen LogP contribution < -0.4 is 16.6 Å². The highest BCUT2D eigenvalue weighted by atomic mass is 35.5. The van der Waals surface area contributed by atoms with Crippen molar-refractivity contribution in [3.05, 3.63) is 79.2 Å². The third-order valence-electron chi connectivity index (χ3n) is 4.35. The molecule has 0 bridgehead atoms. The van der Waals surface area contributed by atoms with Gasteiger partial charge in [0.2, 0.25) is 0 Å². The average molecular weight is 390 g/mol. The highest BCUT2D eigenvalue weighted by Crippen LogP contribution is 2.21. The minimum absolute atomic E-state index is 0.0240. The van der Waals surface area contributed by atoms with Crippen molar-refractivity contribution in [1.82, 2.24) is 14.9 Å². The molecule has 0 aliphatic carbocycles. The molecule has 1 heterocycles. The molecule has 1 amide bonds. The van der Waals surface area contributed by atoms with Gasteiger partial charge in [-0.15, -0.1) is 0 Å². The van der Waals surface area contributed by atoms with Crippen molar-refractivity contribution >= 4 is 28.4 Å². The number of rotatable bonds is 4. The Bertz CT molecular complexity index is 1150. The van der Waals surface area contributed by atoms with Gasteiger partial charge in [0.25, 0.3) is 11.5 Å². The molecule has 27 heavy (non-hydrogen) atoms. The predicted molar refractivity (Wildman–Crippen MR) is 102 cm³/mol. The Kier molecular flexibility index (Phi) is 5.14. The van der Waals surface area contributed by atoms with Crippen LogP contribution in [0.5, 0.6) is 0 Å². The summed E-state index contributed by atoms with van der Waals surface area (Å²) in [7, 11) is 0. The quantitative estimate of drug-likeness (QED) is 0.719. The first kappa shape index (κ1) is 18.8. The normalized spacial score (nSPS) is 12.1. The Morgan fingerprint density at radius 3 is 2.67 bits per heavy atom. The summed E-state index contributed by atoms with van der Waals surface area (Å²) < 4.78 is 14.4. The molecule has 0 aliphatic heterocycles. The lowest BCUT2D eigenvalue weighted by Gasteiger charge is -2.15. The van der Waals surface area contributed by atoms with E-state index in [1.54, 1.807) is 13.8 Å². The molecule has 1 aromatic heterocycles. The summed E-state index contributed by atoms with van der Waals surface area (Å²) in [4.78, 5) is 39.4. The number of nitrogens with zero attached hydrogens (tertiary/aromatic N) is 1. The number of fused-ring (bicyclic) bond motifs is 1. The molecule has 3 rings (SSSR count). The molecule has 2 N–H and O–H groups in total. The fourth-order valence-electron chi connectivity index (χ4n) is 2.83.